The lowest BCUT2D eigenvalue weighted by Crippen LogP contribution is -2.50. The van der Waals surface area contributed by atoms with E-state index >= 15 is 0 Å². The lowest BCUT2D eigenvalue weighted by molar-refractivity contribution is 0.336. The Labute approximate surface area is 104 Å². The molecule has 0 spiro atoms. The van der Waals surface area contributed by atoms with Crippen molar-refractivity contribution in [1.29, 1.82) is 0 Å². The Morgan fingerprint density at radius 2 is 2.18 bits per heavy atom. The average Bonchev–Trinajstić information content (AvgIpc) is 2.34. The van der Waals surface area contributed by atoms with E-state index in [-0.39, 0.29) is 6.04 Å². The van der Waals surface area contributed by atoms with E-state index in [1.54, 1.807) is 0 Å². The lowest BCUT2D eigenvalue weighted by Gasteiger charge is -2.40. The van der Waals surface area contributed by atoms with Gasteiger partial charge >= 0.3 is 0 Å². The number of para-hydroxylation sites is 2. The van der Waals surface area contributed by atoms with Gasteiger partial charge in [-0.05, 0) is 38.8 Å². The molecule has 0 saturated carbocycles. The Kier molecular flexibility index (Phi) is 3.89. The zero-order chi connectivity index (χ0) is 12.3. The Morgan fingerprint density at radius 1 is 1.41 bits per heavy atom. The van der Waals surface area contributed by atoms with Crippen LogP contribution in [0.4, 0.5) is 5.69 Å². The fourth-order valence-electron chi connectivity index (χ4n) is 2.49. The number of hydrogen-bond donors (Lipinski definition) is 1. The average molecular weight is 234 g/mol. The molecule has 1 saturated heterocycles. The molecule has 2 rings (SSSR count). The van der Waals surface area contributed by atoms with Crippen molar-refractivity contribution in [2.24, 2.45) is 5.73 Å². The molecular formula is C14H22N2O. The number of benzene rings is 1. The molecule has 1 aromatic carbocycles. The molecule has 2 atom stereocenters. The molecular weight excluding hydrogens is 212 g/mol. The van der Waals surface area contributed by atoms with E-state index in [2.05, 4.69) is 24.0 Å². The van der Waals surface area contributed by atoms with Gasteiger partial charge in [0.05, 0.1) is 12.3 Å². The molecule has 2 unspecified atom stereocenters. The molecule has 2 N–H and O–H groups in total. The highest BCUT2D eigenvalue weighted by molar-refractivity contribution is 5.59. The first-order chi connectivity index (χ1) is 8.24. The predicted octanol–water partition coefficient (Wildman–Crippen LogP) is 2.40. The topological polar surface area (TPSA) is 38.5 Å². The molecule has 17 heavy (non-hydrogen) atoms. The minimum absolute atomic E-state index is 0.262. The van der Waals surface area contributed by atoms with Crippen LogP contribution in [-0.4, -0.2) is 25.2 Å². The maximum absolute atomic E-state index is 6.15. The Hall–Kier alpha value is -1.22. The van der Waals surface area contributed by atoms with E-state index in [4.69, 9.17) is 10.5 Å². The van der Waals surface area contributed by atoms with Crippen LogP contribution in [0.5, 0.6) is 5.75 Å². The van der Waals surface area contributed by atoms with Crippen molar-refractivity contribution in [3.05, 3.63) is 24.3 Å². The maximum Gasteiger partial charge on any atom is 0.142 e. The van der Waals surface area contributed by atoms with E-state index in [9.17, 15) is 0 Å². The van der Waals surface area contributed by atoms with Crippen LogP contribution in [-0.2, 0) is 0 Å². The minimum atomic E-state index is 0.262. The highest BCUT2D eigenvalue weighted by Crippen LogP contribution is 2.32. The van der Waals surface area contributed by atoms with Gasteiger partial charge in [-0.25, -0.2) is 0 Å². The lowest BCUT2D eigenvalue weighted by atomic mass is 9.97. The molecule has 1 heterocycles. The van der Waals surface area contributed by atoms with Crippen LogP contribution >= 0.6 is 0 Å². The van der Waals surface area contributed by atoms with E-state index in [1.807, 2.05) is 19.1 Å². The zero-order valence-corrected chi connectivity index (χ0v) is 10.7. The van der Waals surface area contributed by atoms with E-state index in [0.717, 1.165) is 25.1 Å². The molecule has 1 aromatic rings. The quantitative estimate of drug-likeness (QED) is 0.872. The Morgan fingerprint density at radius 3 is 2.94 bits per heavy atom. The van der Waals surface area contributed by atoms with Crippen molar-refractivity contribution < 1.29 is 4.74 Å². The summed E-state index contributed by atoms with van der Waals surface area (Å²) in [6, 6.07) is 8.88. The summed E-state index contributed by atoms with van der Waals surface area (Å²) in [7, 11) is 0. The van der Waals surface area contributed by atoms with Gasteiger partial charge in [0.25, 0.3) is 0 Å². The molecule has 1 fully saturated rings. The summed E-state index contributed by atoms with van der Waals surface area (Å²) in [5.74, 6) is 0.968. The number of hydrogen-bond acceptors (Lipinski definition) is 3. The second-order valence-corrected chi connectivity index (χ2v) is 4.64. The zero-order valence-electron chi connectivity index (χ0n) is 10.7. The number of nitrogens with zero attached hydrogens (tertiary/aromatic N) is 1. The highest BCUT2D eigenvalue weighted by atomic mass is 16.5. The van der Waals surface area contributed by atoms with Gasteiger partial charge < -0.3 is 15.4 Å². The van der Waals surface area contributed by atoms with Crippen molar-refractivity contribution >= 4 is 5.69 Å². The minimum Gasteiger partial charge on any atom is -0.492 e. The smallest absolute Gasteiger partial charge is 0.142 e. The molecule has 0 radical (unpaired) electrons. The van der Waals surface area contributed by atoms with Gasteiger partial charge in [-0.1, -0.05) is 12.1 Å². The third kappa shape index (κ3) is 2.55. The van der Waals surface area contributed by atoms with Crippen LogP contribution in [0, 0.1) is 0 Å². The van der Waals surface area contributed by atoms with Crippen molar-refractivity contribution in [3.8, 4) is 5.75 Å². The Balaban J connectivity index is 2.25. The fraction of sp³-hybridized carbons (Fsp3) is 0.571. The van der Waals surface area contributed by atoms with Crippen molar-refractivity contribution in [1.82, 2.24) is 0 Å². The number of rotatable bonds is 3. The molecule has 94 valence electrons. The van der Waals surface area contributed by atoms with Gasteiger partial charge in [0.1, 0.15) is 5.75 Å². The van der Waals surface area contributed by atoms with Crippen molar-refractivity contribution in [2.45, 2.75) is 38.8 Å². The standard InChI is InChI=1S/C14H22N2O/c1-3-17-14-9-5-4-8-13(14)16-10-6-7-12(15)11(16)2/h4-5,8-9,11-12H,3,6-7,10,15H2,1-2H3. The third-order valence-corrected chi connectivity index (χ3v) is 3.52. The second-order valence-electron chi connectivity index (χ2n) is 4.64. The van der Waals surface area contributed by atoms with Gasteiger partial charge in [-0.3, -0.25) is 0 Å². The van der Waals surface area contributed by atoms with Crippen molar-refractivity contribution in [2.75, 3.05) is 18.1 Å². The van der Waals surface area contributed by atoms with Gasteiger partial charge in [0.15, 0.2) is 0 Å². The number of ether oxygens (including phenoxy) is 1. The van der Waals surface area contributed by atoms with Gasteiger partial charge in [-0.2, -0.15) is 0 Å². The van der Waals surface area contributed by atoms with E-state index in [1.165, 1.54) is 5.69 Å². The first-order valence-electron chi connectivity index (χ1n) is 6.48. The van der Waals surface area contributed by atoms with E-state index < -0.39 is 0 Å². The maximum atomic E-state index is 6.15. The van der Waals surface area contributed by atoms with Crippen LogP contribution < -0.4 is 15.4 Å². The molecule has 0 aromatic heterocycles. The summed E-state index contributed by atoms with van der Waals surface area (Å²) in [6.07, 6.45) is 2.28. The van der Waals surface area contributed by atoms with Gasteiger partial charge in [-0.15, -0.1) is 0 Å². The van der Waals surface area contributed by atoms with Crippen LogP contribution in [0.2, 0.25) is 0 Å². The first-order valence-corrected chi connectivity index (χ1v) is 6.48. The number of piperidine rings is 1. The normalized spacial score (nSPS) is 24.8. The summed E-state index contributed by atoms with van der Waals surface area (Å²) in [5.41, 5.74) is 7.33. The highest BCUT2D eigenvalue weighted by Gasteiger charge is 2.26. The van der Waals surface area contributed by atoms with E-state index in [0.29, 0.717) is 12.6 Å². The van der Waals surface area contributed by atoms with Crippen LogP contribution in [0.1, 0.15) is 26.7 Å². The molecule has 3 heteroatoms. The summed E-state index contributed by atoms with van der Waals surface area (Å²) < 4.78 is 5.69. The Bertz CT molecular complexity index is 367. The van der Waals surface area contributed by atoms with Gasteiger partial charge in [0.2, 0.25) is 0 Å². The number of anilines is 1. The SMILES string of the molecule is CCOc1ccccc1N1CCCC(N)C1C. The summed E-state index contributed by atoms with van der Waals surface area (Å²) in [4.78, 5) is 2.37. The molecule has 1 aliphatic rings. The molecule has 0 bridgehead atoms. The number of nitrogens with two attached hydrogens (primary N) is 1. The largest absolute Gasteiger partial charge is 0.492 e. The third-order valence-electron chi connectivity index (χ3n) is 3.52. The van der Waals surface area contributed by atoms with Crippen molar-refractivity contribution in [3.63, 3.8) is 0 Å². The molecule has 0 amide bonds. The molecule has 1 aliphatic heterocycles. The summed E-state index contributed by atoms with van der Waals surface area (Å²) in [6.45, 7) is 5.99. The monoisotopic (exact) mass is 234 g/mol. The fourth-order valence-corrected chi connectivity index (χ4v) is 2.49. The molecule has 3 nitrogen and oxygen atoms in total. The first kappa shape index (κ1) is 12.2. The molecule has 0 aliphatic carbocycles. The summed E-state index contributed by atoms with van der Waals surface area (Å²) in [5, 5.41) is 0. The van der Waals surface area contributed by atoms with Gasteiger partial charge in [0, 0.05) is 18.6 Å². The second kappa shape index (κ2) is 5.41. The van der Waals surface area contributed by atoms with Crippen LogP contribution in [0.3, 0.4) is 0 Å². The summed E-state index contributed by atoms with van der Waals surface area (Å²) >= 11 is 0. The predicted molar refractivity (Wildman–Crippen MR) is 71.6 cm³/mol. The van der Waals surface area contributed by atoms with Crippen LogP contribution in [0.15, 0.2) is 24.3 Å². The van der Waals surface area contributed by atoms with Crippen LogP contribution in [0.25, 0.3) is 0 Å².